The highest BCUT2D eigenvalue weighted by Gasteiger charge is 2.23. The highest BCUT2D eigenvalue weighted by atomic mass is 19.1. The number of methoxy groups -OCH3 is 1. The molecule has 0 radical (unpaired) electrons. The topological polar surface area (TPSA) is 70.7 Å². The largest absolute Gasteiger partial charge is 0.496 e. The van der Waals surface area contributed by atoms with E-state index in [9.17, 15) is 14.0 Å². The van der Waals surface area contributed by atoms with E-state index in [1.54, 1.807) is 13.2 Å². The average molecular weight is 385 g/mol. The molecule has 0 fully saturated rings. The number of likely N-dealkylation sites (N-methyl/N-ethyl adjacent to an activating group) is 1. The summed E-state index contributed by atoms with van der Waals surface area (Å²) in [5.74, 6) is 0.275. The number of fused-ring (bicyclic) bond motifs is 1. The number of urea groups is 1. The maximum absolute atomic E-state index is 13.9. The van der Waals surface area contributed by atoms with Crippen molar-refractivity contribution in [3.63, 3.8) is 0 Å². The monoisotopic (exact) mass is 385 g/mol. The lowest BCUT2D eigenvalue weighted by Gasteiger charge is -2.31. The normalized spacial score (nSPS) is 13.5. The zero-order valence-corrected chi connectivity index (χ0v) is 16.0. The number of hydrogen-bond acceptors (Lipinski definition) is 4. The Bertz CT molecular complexity index is 885. The Labute approximate surface area is 163 Å². The van der Waals surface area contributed by atoms with Crippen LogP contribution < -0.4 is 15.4 Å². The molecule has 2 N–H and O–H groups in total. The molecule has 0 spiro atoms. The molecular formula is C21H24FN3O3. The molecule has 0 atom stereocenters. The number of halogens is 1. The van der Waals surface area contributed by atoms with Gasteiger partial charge in [-0.1, -0.05) is 13.0 Å². The van der Waals surface area contributed by atoms with Crippen LogP contribution in [0.4, 0.5) is 14.9 Å². The third kappa shape index (κ3) is 4.14. The minimum atomic E-state index is -0.431. The van der Waals surface area contributed by atoms with Gasteiger partial charge < -0.3 is 20.2 Å². The summed E-state index contributed by atoms with van der Waals surface area (Å²) in [5, 5.41) is 5.31. The van der Waals surface area contributed by atoms with Crippen LogP contribution in [0.25, 0.3) is 11.1 Å². The van der Waals surface area contributed by atoms with Crippen molar-refractivity contribution in [1.82, 2.24) is 10.2 Å². The van der Waals surface area contributed by atoms with Crippen LogP contribution in [0, 0.1) is 5.82 Å². The van der Waals surface area contributed by atoms with Crippen molar-refractivity contribution >= 4 is 18.0 Å². The number of rotatable bonds is 6. The average Bonchev–Trinajstić information content (AvgIpc) is 2.72. The Kier molecular flexibility index (Phi) is 6.26. The summed E-state index contributed by atoms with van der Waals surface area (Å²) in [5.41, 5.74) is 4.36. The first-order chi connectivity index (χ1) is 13.6. The maximum atomic E-state index is 13.9. The lowest BCUT2D eigenvalue weighted by molar-refractivity contribution is -0.107. The summed E-state index contributed by atoms with van der Waals surface area (Å²) < 4.78 is 19.4. The van der Waals surface area contributed by atoms with Gasteiger partial charge >= 0.3 is 6.03 Å². The Morgan fingerprint density at radius 1 is 1.25 bits per heavy atom. The van der Waals surface area contributed by atoms with Gasteiger partial charge in [-0.3, -0.25) is 4.90 Å². The van der Waals surface area contributed by atoms with Gasteiger partial charge in [-0.15, -0.1) is 0 Å². The summed E-state index contributed by atoms with van der Waals surface area (Å²) in [7, 11) is 1.56. The number of nitrogens with one attached hydrogen (secondary N) is 2. The zero-order chi connectivity index (χ0) is 20.1. The van der Waals surface area contributed by atoms with Crippen LogP contribution in [0.1, 0.15) is 18.1 Å². The Hall–Kier alpha value is -2.93. The smallest absolute Gasteiger partial charge is 0.319 e. The van der Waals surface area contributed by atoms with Crippen LogP contribution in [0.15, 0.2) is 30.3 Å². The number of benzene rings is 2. The molecule has 0 saturated heterocycles. The molecular weight excluding hydrogens is 361 g/mol. The molecule has 0 aromatic heterocycles. The van der Waals surface area contributed by atoms with Gasteiger partial charge in [0, 0.05) is 24.3 Å². The van der Waals surface area contributed by atoms with Crippen LogP contribution in [-0.4, -0.2) is 44.0 Å². The van der Waals surface area contributed by atoms with Crippen molar-refractivity contribution in [1.29, 1.82) is 0 Å². The lowest BCUT2D eigenvalue weighted by Crippen LogP contribution is -2.34. The molecule has 3 rings (SSSR count). The summed E-state index contributed by atoms with van der Waals surface area (Å²) in [6.07, 6.45) is 1.41. The van der Waals surface area contributed by atoms with Gasteiger partial charge in [-0.05, 0) is 53.9 Å². The Morgan fingerprint density at radius 2 is 2.07 bits per heavy atom. The molecule has 0 saturated carbocycles. The van der Waals surface area contributed by atoms with E-state index in [1.165, 1.54) is 12.1 Å². The number of ether oxygens (including phenoxy) is 1. The van der Waals surface area contributed by atoms with Crippen molar-refractivity contribution in [2.45, 2.75) is 19.9 Å². The van der Waals surface area contributed by atoms with E-state index >= 15 is 0 Å². The molecule has 148 valence electrons. The van der Waals surface area contributed by atoms with E-state index in [-0.39, 0.29) is 12.4 Å². The number of carbonyl (C=O) groups excluding carboxylic acids is 2. The van der Waals surface area contributed by atoms with Gasteiger partial charge in [0.25, 0.3) is 0 Å². The quantitative estimate of drug-likeness (QED) is 0.749. The molecule has 0 bridgehead atoms. The van der Waals surface area contributed by atoms with E-state index in [0.717, 1.165) is 36.2 Å². The molecule has 6 nitrogen and oxygen atoms in total. The second kappa shape index (κ2) is 8.84. The molecule has 2 aromatic carbocycles. The van der Waals surface area contributed by atoms with Crippen LogP contribution in [0.2, 0.25) is 0 Å². The fraction of sp³-hybridized carbons (Fsp3) is 0.333. The Morgan fingerprint density at radius 3 is 2.79 bits per heavy atom. The van der Waals surface area contributed by atoms with Crippen LogP contribution >= 0.6 is 0 Å². The van der Waals surface area contributed by atoms with Crippen LogP contribution in [-0.2, 0) is 17.8 Å². The highest BCUT2D eigenvalue weighted by Crippen LogP contribution is 2.39. The summed E-state index contributed by atoms with van der Waals surface area (Å²) in [4.78, 5) is 24.8. The first-order valence-corrected chi connectivity index (χ1v) is 9.26. The minimum Gasteiger partial charge on any atom is -0.496 e. The van der Waals surface area contributed by atoms with Crippen molar-refractivity contribution in [3.05, 3.63) is 47.3 Å². The molecule has 0 aliphatic carbocycles. The SMILES string of the molecule is CCN1CCc2c(-c3cc(F)ccc3OC)ccc(NC(=O)NCC=O)c2C1. The summed E-state index contributed by atoms with van der Waals surface area (Å²) >= 11 is 0. The van der Waals surface area contributed by atoms with E-state index in [4.69, 9.17) is 4.74 Å². The number of aldehydes is 1. The highest BCUT2D eigenvalue weighted by molar-refractivity contribution is 5.92. The number of nitrogens with zero attached hydrogens (tertiary/aromatic N) is 1. The second-order valence-electron chi connectivity index (χ2n) is 6.58. The molecule has 1 aliphatic heterocycles. The lowest BCUT2D eigenvalue weighted by atomic mass is 9.89. The van der Waals surface area contributed by atoms with Crippen LogP contribution in [0.3, 0.4) is 0 Å². The van der Waals surface area contributed by atoms with Gasteiger partial charge in [0.15, 0.2) is 0 Å². The minimum absolute atomic E-state index is 0.0479. The van der Waals surface area contributed by atoms with E-state index in [2.05, 4.69) is 22.5 Å². The van der Waals surface area contributed by atoms with E-state index in [1.807, 2.05) is 12.1 Å². The van der Waals surface area contributed by atoms with Gasteiger partial charge in [0.2, 0.25) is 0 Å². The van der Waals surface area contributed by atoms with Gasteiger partial charge in [0.05, 0.1) is 13.7 Å². The maximum Gasteiger partial charge on any atom is 0.319 e. The summed E-state index contributed by atoms with van der Waals surface area (Å²) in [6, 6.07) is 7.74. The number of carbonyl (C=O) groups is 2. The fourth-order valence-corrected chi connectivity index (χ4v) is 3.56. The third-order valence-electron chi connectivity index (χ3n) is 4.98. The van der Waals surface area contributed by atoms with Gasteiger partial charge in [0.1, 0.15) is 17.9 Å². The first-order valence-electron chi connectivity index (χ1n) is 9.26. The predicted molar refractivity (Wildman–Crippen MR) is 106 cm³/mol. The van der Waals surface area contributed by atoms with Crippen molar-refractivity contribution in [2.24, 2.45) is 0 Å². The molecule has 0 unspecified atom stereocenters. The molecule has 2 aromatic rings. The summed E-state index contributed by atoms with van der Waals surface area (Å²) in [6.45, 7) is 4.50. The van der Waals surface area contributed by atoms with Crippen molar-refractivity contribution < 1.29 is 18.7 Å². The van der Waals surface area contributed by atoms with E-state index < -0.39 is 6.03 Å². The number of hydrogen-bond donors (Lipinski definition) is 2. The second-order valence-corrected chi connectivity index (χ2v) is 6.58. The zero-order valence-electron chi connectivity index (χ0n) is 16.0. The van der Waals surface area contributed by atoms with Crippen LogP contribution in [0.5, 0.6) is 5.75 Å². The number of amides is 2. The molecule has 1 aliphatic rings. The van der Waals surface area contributed by atoms with Gasteiger partial charge in [-0.25, -0.2) is 9.18 Å². The molecule has 7 heteroatoms. The molecule has 1 heterocycles. The first kappa shape index (κ1) is 19.8. The Balaban J connectivity index is 2.06. The van der Waals surface area contributed by atoms with Crippen molar-refractivity contribution in [3.8, 4) is 16.9 Å². The van der Waals surface area contributed by atoms with E-state index in [0.29, 0.717) is 29.8 Å². The predicted octanol–water partition coefficient (Wildman–Crippen LogP) is 3.20. The molecule has 28 heavy (non-hydrogen) atoms. The number of anilines is 1. The van der Waals surface area contributed by atoms with Crippen molar-refractivity contribution in [2.75, 3.05) is 32.1 Å². The fourth-order valence-electron chi connectivity index (χ4n) is 3.56. The van der Waals surface area contributed by atoms with Gasteiger partial charge in [-0.2, -0.15) is 0 Å². The standard InChI is InChI=1S/C21H24FN3O3/c1-3-25-10-8-16-15(17-12-14(22)4-7-20(17)28-2)5-6-19(18(16)13-25)24-21(27)23-9-11-26/h4-7,11-12H,3,8-10,13H2,1-2H3,(H2,23,24,27). The molecule has 2 amide bonds. The third-order valence-corrected chi connectivity index (χ3v) is 4.98.